The topological polar surface area (TPSA) is 119 Å². The molecule has 8 nitrogen and oxygen atoms in total. The highest BCUT2D eigenvalue weighted by Gasteiger charge is 2.13. The fraction of sp³-hybridized carbons (Fsp3) is 0.214. The fourth-order valence-electron chi connectivity index (χ4n) is 2.16. The maximum absolute atomic E-state index is 11.7. The number of fused-ring (bicyclic) bond motifs is 1. The first-order valence-corrected chi connectivity index (χ1v) is 6.67. The van der Waals surface area contributed by atoms with Crippen LogP contribution < -0.4 is 11.3 Å². The van der Waals surface area contributed by atoms with Crippen molar-refractivity contribution in [3.8, 4) is 0 Å². The Kier molecular flexibility index (Phi) is 3.86. The molecule has 22 heavy (non-hydrogen) atoms. The van der Waals surface area contributed by atoms with Crippen molar-refractivity contribution in [3.05, 3.63) is 52.6 Å². The third-order valence-electron chi connectivity index (χ3n) is 3.25. The van der Waals surface area contributed by atoms with Gasteiger partial charge in [0, 0.05) is 0 Å². The number of nitrogens with two attached hydrogens (primary N) is 1. The van der Waals surface area contributed by atoms with Gasteiger partial charge < -0.3 is 15.6 Å². The Morgan fingerprint density at radius 3 is 2.86 bits per heavy atom. The Labute approximate surface area is 125 Å². The van der Waals surface area contributed by atoms with Crippen molar-refractivity contribution in [2.24, 2.45) is 0 Å². The SMILES string of the molecule is Nc1nc2c(ncn2CO[C@H](CO)c2ccccc2)c(=O)[nH]1. The first-order valence-electron chi connectivity index (χ1n) is 6.67. The van der Waals surface area contributed by atoms with E-state index in [1.165, 1.54) is 6.33 Å². The quantitative estimate of drug-likeness (QED) is 0.628. The lowest BCUT2D eigenvalue weighted by molar-refractivity contribution is -0.0241. The fourth-order valence-corrected chi connectivity index (χ4v) is 2.16. The van der Waals surface area contributed by atoms with Crippen molar-refractivity contribution in [1.82, 2.24) is 19.5 Å². The summed E-state index contributed by atoms with van der Waals surface area (Å²) in [6.07, 6.45) is 0.976. The maximum atomic E-state index is 11.7. The van der Waals surface area contributed by atoms with Gasteiger partial charge in [0.2, 0.25) is 5.95 Å². The standard InChI is InChI=1S/C14H15N5O3/c15-14-17-12-11(13(21)18-14)16-7-19(12)8-22-10(6-20)9-4-2-1-3-5-9/h1-5,7,10,20H,6,8H2,(H3,15,17,18,21)/t10-/m1/s1. The lowest BCUT2D eigenvalue weighted by Crippen LogP contribution is -2.14. The number of H-pyrrole nitrogens is 1. The Hall–Kier alpha value is -2.71. The number of aliphatic hydroxyl groups is 1. The number of imidazole rings is 1. The minimum Gasteiger partial charge on any atom is -0.393 e. The van der Waals surface area contributed by atoms with Gasteiger partial charge in [-0.2, -0.15) is 4.98 Å². The van der Waals surface area contributed by atoms with E-state index in [1.54, 1.807) is 4.57 Å². The van der Waals surface area contributed by atoms with Gasteiger partial charge in [-0.25, -0.2) is 4.98 Å². The number of hydrogen-bond acceptors (Lipinski definition) is 6. The number of nitrogen functional groups attached to an aromatic ring is 1. The summed E-state index contributed by atoms with van der Waals surface area (Å²) in [6.45, 7) is -0.0701. The summed E-state index contributed by atoms with van der Waals surface area (Å²) in [5.74, 6) is 0.0148. The molecule has 8 heteroatoms. The zero-order chi connectivity index (χ0) is 15.5. The van der Waals surface area contributed by atoms with Gasteiger partial charge in [0.15, 0.2) is 11.2 Å². The largest absolute Gasteiger partial charge is 0.393 e. The summed E-state index contributed by atoms with van der Waals surface area (Å²) >= 11 is 0. The molecule has 1 atom stereocenters. The molecule has 0 spiro atoms. The number of rotatable bonds is 5. The molecule has 0 aliphatic rings. The highest BCUT2D eigenvalue weighted by Crippen LogP contribution is 2.17. The van der Waals surface area contributed by atoms with E-state index in [9.17, 15) is 9.90 Å². The third kappa shape index (κ3) is 2.69. The van der Waals surface area contributed by atoms with E-state index in [0.29, 0.717) is 5.65 Å². The Balaban J connectivity index is 1.83. The Bertz CT molecular complexity index is 827. The lowest BCUT2D eigenvalue weighted by Gasteiger charge is -2.16. The van der Waals surface area contributed by atoms with Gasteiger partial charge in [-0.05, 0) is 5.56 Å². The lowest BCUT2D eigenvalue weighted by atomic mass is 10.1. The highest BCUT2D eigenvalue weighted by molar-refractivity contribution is 5.70. The first-order chi connectivity index (χ1) is 10.7. The zero-order valence-electron chi connectivity index (χ0n) is 11.6. The van der Waals surface area contributed by atoms with Crippen LogP contribution in [0.15, 0.2) is 41.5 Å². The molecule has 2 heterocycles. The van der Waals surface area contributed by atoms with Crippen LogP contribution >= 0.6 is 0 Å². The highest BCUT2D eigenvalue weighted by atomic mass is 16.5. The summed E-state index contributed by atoms with van der Waals surface area (Å²) in [5.41, 5.74) is 6.53. The number of nitrogens with zero attached hydrogens (tertiary/aromatic N) is 3. The van der Waals surface area contributed by atoms with Crippen molar-refractivity contribution in [3.63, 3.8) is 0 Å². The van der Waals surface area contributed by atoms with Crippen LogP contribution in [0.1, 0.15) is 11.7 Å². The molecule has 0 aliphatic carbocycles. The van der Waals surface area contributed by atoms with E-state index in [0.717, 1.165) is 5.56 Å². The van der Waals surface area contributed by atoms with Gasteiger partial charge >= 0.3 is 0 Å². The molecule has 0 radical (unpaired) electrons. The van der Waals surface area contributed by atoms with E-state index < -0.39 is 11.7 Å². The molecule has 3 aromatic rings. The second kappa shape index (κ2) is 5.96. The average molecular weight is 301 g/mol. The molecule has 0 unspecified atom stereocenters. The van der Waals surface area contributed by atoms with Crippen molar-refractivity contribution in [1.29, 1.82) is 0 Å². The normalized spacial score (nSPS) is 12.6. The summed E-state index contributed by atoms with van der Waals surface area (Å²) in [6, 6.07) is 9.37. The molecule has 0 saturated heterocycles. The monoisotopic (exact) mass is 301 g/mol. The van der Waals surface area contributed by atoms with Crippen molar-refractivity contribution in [2.75, 3.05) is 12.3 Å². The van der Waals surface area contributed by atoms with Gasteiger partial charge in [0.25, 0.3) is 5.56 Å². The van der Waals surface area contributed by atoms with Crippen LogP contribution in [0.2, 0.25) is 0 Å². The van der Waals surface area contributed by atoms with E-state index in [2.05, 4.69) is 15.0 Å². The molecule has 114 valence electrons. The average Bonchev–Trinajstić information content (AvgIpc) is 2.92. The Morgan fingerprint density at radius 1 is 1.36 bits per heavy atom. The second-order valence-electron chi connectivity index (χ2n) is 4.72. The van der Waals surface area contributed by atoms with Crippen LogP contribution in [0.25, 0.3) is 11.2 Å². The predicted octanol–water partition coefficient (Wildman–Crippen LogP) is 0.410. The zero-order valence-corrected chi connectivity index (χ0v) is 11.6. The van der Waals surface area contributed by atoms with Gasteiger partial charge in [-0.15, -0.1) is 0 Å². The van der Waals surface area contributed by atoms with Gasteiger partial charge in [0.05, 0.1) is 12.9 Å². The number of ether oxygens (including phenoxy) is 1. The molecule has 3 rings (SSSR count). The summed E-state index contributed by atoms with van der Waals surface area (Å²) in [7, 11) is 0. The predicted molar refractivity (Wildman–Crippen MR) is 79.9 cm³/mol. The molecule has 1 aromatic carbocycles. The van der Waals surface area contributed by atoms with Gasteiger partial charge in [-0.1, -0.05) is 30.3 Å². The van der Waals surface area contributed by atoms with E-state index in [1.807, 2.05) is 30.3 Å². The summed E-state index contributed by atoms with van der Waals surface area (Å²) < 4.78 is 7.25. The van der Waals surface area contributed by atoms with Crippen molar-refractivity contribution in [2.45, 2.75) is 12.8 Å². The maximum Gasteiger partial charge on any atom is 0.280 e. The third-order valence-corrected chi connectivity index (χ3v) is 3.25. The van der Waals surface area contributed by atoms with Crippen LogP contribution in [0.4, 0.5) is 5.95 Å². The molecule has 0 amide bonds. The van der Waals surface area contributed by atoms with Crippen molar-refractivity contribution < 1.29 is 9.84 Å². The van der Waals surface area contributed by atoms with Crippen LogP contribution in [-0.2, 0) is 11.5 Å². The molecule has 0 saturated carbocycles. The number of hydrogen-bond donors (Lipinski definition) is 3. The number of nitrogens with one attached hydrogen (secondary N) is 1. The van der Waals surface area contributed by atoms with Gasteiger partial charge in [-0.3, -0.25) is 14.3 Å². The van der Waals surface area contributed by atoms with Crippen molar-refractivity contribution >= 4 is 17.1 Å². The Morgan fingerprint density at radius 2 is 2.14 bits per heavy atom. The minimum atomic E-state index is -0.474. The van der Waals surface area contributed by atoms with E-state index in [-0.39, 0.29) is 24.8 Å². The number of benzene rings is 1. The molecule has 0 fully saturated rings. The number of aliphatic hydroxyl groups excluding tert-OH is 1. The summed E-state index contributed by atoms with van der Waals surface area (Å²) in [4.78, 5) is 22.1. The molecule has 0 bridgehead atoms. The molecular weight excluding hydrogens is 286 g/mol. The minimum absolute atomic E-state index is 0.0148. The van der Waals surface area contributed by atoms with Gasteiger partial charge in [0.1, 0.15) is 12.8 Å². The molecule has 0 aliphatic heterocycles. The first kappa shape index (κ1) is 14.2. The van der Waals surface area contributed by atoms with Crippen LogP contribution in [0.5, 0.6) is 0 Å². The molecular formula is C14H15N5O3. The second-order valence-corrected chi connectivity index (χ2v) is 4.72. The number of aromatic amines is 1. The van der Waals surface area contributed by atoms with E-state index >= 15 is 0 Å². The van der Waals surface area contributed by atoms with Crippen LogP contribution in [0.3, 0.4) is 0 Å². The smallest absolute Gasteiger partial charge is 0.280 e. The number of aromatic nitrogens is 4. The van der Waals surface area contributed by atoms with Crippen LogP contribution in [-0.4, -0.2) is 31.2 Å². The molecule has 4 N–H and O–H groups in total. The van der Waals surface area contributed by atoms with E-state index in [4.69, 9.17) is 10.5 Å². The molecule has 2 aromatic heterocycles. The summed E-state index contributed by atoms with van der Waals surface area (Å²) in [5, 5.41) is 9.47. The number of anilines is 1. The van der Waals surface area contributed by atoms with Crippen LogP contribution in [0, 0.1) is 0 Å².